The summed E-state index contributed by atoms with van der Waals surface area (Å²) in [5.41, 5.74) is 4.02. The summed E-state index contributed by atoms with van der Waals surface area (Å²) in [4.78, 5) is 11.2. The molecule has 0 saturated carbocycles. The Morgan fingerprint density at radius 2 is 1.86 bits per heavy atom. The molecule has 1 saturated heterocycles. The Labute approximate surface area is 179 Å². The zero-order chi connectivity index (χ0) is 17.8. The van der Waals surface area contributed by atoms with Crippen molar-refractivity contribution in [2.24, 2.45) is 0 Å². The molecule has 0 aliphatic carbocycles. The largest absolute Gasteiger partial charge is 0.314 e. The van der Waals surface area contributed by atoms with Crippen LogP contribution in [0, 0.1) is 0 Å². The van der Waals surface area contributed by atoms with E-state index < -0.39 is 0 Å². The van der Waals surface area contributed by atoms with Crippen LogP contribution in [0.15, 0.2) is 61.3 Å². The Bertz CT molecular complexity index is 819. The molecule has 1 fully saturated rings. The van der Waals surface area contributed by atoms with Gasteiger partial charge >= 0.3 is 0 Å². The molecule has 1 unspecified atom stereocenters. The lowest BCUT2D eigenvalue weighted by atomic mass is 10.0. The summed E-state index contributed by atoms with van der Waals surface area (Å²) in [6, 6.07) is 13.7. The fourth-order valence-electron chi connectivity index (χ4n) is 3.53. The van der Waals surface area contributed by atoms with Crippen LogP contribution in [0.25, 0.3) is 5.82 Å². The third-order valence-electron chi connectivity index (χ3n) is 5.09. The molecule has 150 valence electrons. The van der Waals surface area contributed by atoms with E-state index in [4.69, 9.17) is 0 Å². The minimum Gasteiger partial charge on any atom is -0.314 e. The van der Waals surface area contributed by atoms with Crippen LogP contribution in [0.4, 0.5) is 0 Å². The van der Waals surface area contributed by atoms with E-state index in [1.807, 2.05) is 17.0 Å². The number of halogens is 2. The molecule has 0 radical (unpaired) electrons. The summed E-state index contributed by atoms with van der Waals surface area (Å²) in [6.07, 6.45) is 8.52. The summed E-state index contributed by atoms with van der Waals surface area (Å²) < 4.78 is 1.92. The van der Waals surface area contributed by atoms with Gasteiger partial charge in [-0.1, -0.05) is 37.3 Å². The fourth-order valence-corrected chi connectivity index (χ4v) is 3.53. The molecular formula is C21H27Cl2N5. The van der Waals surface area contributed by atoms with Gasteiger partial charge in [-0.3, -0.25) is 9.47 Å². The molecule has 7 heteroatoms. The maximum atomic E-state index is 4.59. The first-order valence-electron chi connectivity index (χ1n) is 9.30. The van der Waals surface area contributed by atoms with Gasteiger partial charge in [-0.25, -0.2) is 9.97 Å². The van der Waals surface area contributed by atoms with Crippen molar-refractivity contribution < 1.29 is 0 Å². The summed E-state index contributed by atoms with van der Waals surface area (Å²) in [5, 5.41) is 3.54. The van der Waals surface area contributed by atoms with Gasteiger partial charge < -0.3 is 5.32 Å². The first-order valence-corrected chi connectivity index (χ1v) is 9.30. The first kappa shape index (κ1) is 22.4. The third-order valence-corrected chi connectivity index (χ3v) is 5.09. The predicted octanol–water partition coefficient (Wildman–Crippen LogP) is 3.82. The molecule has 0 bridgehead atoms. The molecule has 1 aliphatic rings. The van der Waals surface area contributed by atoms with E-state index in [2.05, 4.69) is 63.5 Å². The Morgan fingerprint density at radius 3 is 2.50 bits per heavy atom. The normalized spacial score (nSPS) is 16.8. The van der Waals surface area contributed by atoms with E-state index in [0.29, 0.717) is 6.04 Å². The van der Waals surface area contributed by atoms with Crippen molar-refractivity contribution in [1.82, 2.24) is 24.8 Å². The smallest absolute Gasteiger partial charge is 0.137 e. The SMILES string of the molecule is CCc1ccc(C2CNCCN2Cc2ccc(-n3ccnc3)nc2)cc1.Cl.Cl. The number of aryl methyl sites for hydroxylation is 1. The van der Waals surface area contributed by atoms with Crippen molar-refractivity contribution in [3.05, 3.63) is 78.0 Å². The van der Waals surface area contributed by atoms with Crippen molar-refractivity contribution in [3.63, 3.8) is 0 Å². The predicted molar refractivity (Wildman–Crippen MR) is 118 cm³/mol. The summed E-state index contributed by atoms with van der Waals surface area (Å²) in [6.45, 7) is 6.18. The quantitative estimate of drug-likeness (QED) is 0.682. The maximum Gasteiger partial charge on any atom is 0.137 e. The van der Waals surface area contributed by atoms with Crippen LogP contribution >= 0.6 is 24.8 Å². The number of hydrogen-bond acceptors (Lipinski definition) is 4. The van der Waals surface area contributed by atoms with Crippen molar-refractivity contribution in [1.29, 1.82) is 0 Å². The number of nitrogens with one attached hydrogen (secondary N) is 1. The fraction of sp³-hybridized carbons (Fsp3) is 0.333. The lowest BCUT2D eigenvalue weighted by Gasteiger charge is -2.36. The Kier molecular flexibility index (Phi) is 8.45. The highest BCUT2D eigenvalue weighted by atomic mass is 35.5. The molecule has 1 N–H and O–H groups in total. The van der Waals surface area contributed by atoms with Gasteiger partial charge in [0, 0.05) is 50.8 Å². The standard InChI is InChI=1S/C21H25N5.2ClH/c1-2-17-3-6-19(7-4-17)20-14-22-9-11-25(20)15-18-5-8-21(24-13-18)26-12-10-23-16-26;;/h3-8,10,12-13,16,20,22H,2,9,11,14-15H2,1H3;2*1H. The van der Waals surface area contributed by atoms with Crippen LogP contribution in [0.5, 0.6) is 0 Å². The van der Waals surface area contributed by atoms with E-state index in [-0.39, 0.29) is 24.8 Å². The summed E-state index contributed by atoms with van der Waals surface area (Å²) in [5.74, 6) is 0.901. The molecule has 0 spiro atoms. The summed E-state index contributed by atoms with van der Waals surface area (Å²) >= 11 is 0. The van der Waals surface area contributed by atoms with Crippen LogP contribution < -0.4 is 5.32 Å². The van der Waals surface area contributed by atoms with Crippen molar-refractivity contribution >= 4 is 24.8 Å². The minimum atomic E-state index is 0. The van der Waals surface area contributed by atoms with Gasteiger partial charge in [0.15, 0.2) is 0 Å². The van der Waals surface area contributed by atoms with Gasteiger partial charge in [0.1, 0.15) is 12.1 Å². The number of hydrogen-bond donors (Lipinski definition) is 1. The second-order valence-electron chi connectivity index (χ2n) is 6.78. The van der Waals surface area contributed by atoms with E-state index >= 15 is 0 Å². The van der Waals surface area contributed by atoms with Gasteiger partial charge in [-0.15, -0.1) is 24.8 Å². The lowest BCUT2D eigenvalue weighted by molar-refractivity contribution is 0.153. The van der Waals surface area contributed by atoms with Gasteiger partial charge in [0.25, 0.3) is 0 Å². The number of piperazine rings is 1. The molecule has 3 heterocycles. The topological polar surface area (TPSA) is 46.0 Å². The van der Waals surface area contributed by atoms with E-state index in [1.54, 1.807) is 12.5 Å². The van der Waals surface area contributed by atoms with Crippen LogP contribution in [0.3, 0.4) is 0 Å². The number of rotatable bonds is 5. The van der Waals surface area contributed by atoms with Gasteiger partial charge in [0.2, 0.25) is 0 Å². The minimum absolute atomic E-state index is 0. The molecule has 1 aliphatic heterocycles. The van der Waals surface area contributed by atoms with Gasteiger partial charge in [-0.2, -0.15) is 0 Å². The van der Waals surface area contributed by atoms with Gasteiger partial charge in [0.05, 0.1) is 0 Å². The highest BCUT2D eigenvalue weighted by Gasteiger charge is 2.23. The average molecular weight is 420 g/mol. The number of nitrogens with zero attached hydrogens (tertiary/aromatic N) is 4. The lowest BCUT2D eigenvalue weighted by Crippen LogP contribution is -2.45. The zero-order valence-corrected chi connectivity index (χ0v) is 17.6. The molecule has 2 aromatic heterocycles. The van der Waals surface area contributed by atoms with E-state index in [1.165, 1.54) is 16.7 Å². The maximum absolute atomic E-state index is 4.59. The molecule has 5 nitrogen and oxygen atoms in total. The van der Waals surface area contributed by atoms with Crippen LogP contribution in [-0.2, 0) is 13.0 Å². The molecule has 3 aromatic rings. The number of aromatic nitrogens is 3. The van der Waals surface area contributed by atoms with Gasteiger partial charge in [-0.05, 0) is 29.2 Å². The number of imidazole rings is 1. The number of pyridine rings is 1. The third kappa shape index (κ3) is 5.11. The Balaban J connectivity index is 0.00000140. The van der Waals surface area contributed by atoms with Crippen molar-refractivity contribution in [2.45, 2.75) is 25.9 Å². The molecule has 1 aromatic carbocycles. The van der Waals surface area contributed by atoms with Crippen molar-refractivity contribution in [2.75, 3.05) is 19.6 Å². The first-order chi connectivity index (χ1) is 12.8. The van der Waals surface area contributed by atoms with Crippen LogP contribution in [0.2, 0.25) is 0 Å². The second kappa shape index (κ2) is 10.6. The molecule has 4 rings (SSSR count). The zero-order valence-electron chi connectivity index (χ0n) is 16.0. The Morgan fingerprint density at radius 1 is 1.07 bits per heavy atom. The van der Waals surface area contributed by atoms with E-state index in [9.17, 15) is 0 Å². The molecule has 1 atom stereocenters. The molecule has 28 heavy (non-hydrogen) atoms. The Hall–Kier alpha value is -1.92. The molecular weight excluding hydrogens is 393 g/mol. The van der Waals surface area contributed by atoms with Crippen LogP contribution in [0.1, 0.15) is 29.7 Å². The monoisotopic (exact) mass is 419 g/mol. The summed E-state index contributed by atoms with van der Waals surface area (Å²) in [7, 11) is 0. The second-order valence-corrected chi connectivity index (χ2v) is 6.78. The highest BCUT2D eigenvalue weighted by Crippen LogP contribution is 2.24. The van der Waals surface area contributed by atoms with Crippen LogP contribution in [-0.4, -0.2) is 39.1 Å². The highest BCUT2D eigenvalue weighted by molar-refractivity contribution is 5.85. The number of benzene rings is 1. The molecule has 0 amide bonds. The average Bonchev–Trinajstić information content (AvgIpc) is 3.24. The van der Waals surface area contributed by atoms with E-state index in [0.717, 1.165) is 38.4 Å². The van der Waals surface area contributed by atoms with Crippen molar-refractivity contribution in [3.8, 4) is 5.82 Å².